The lowest BCUT2D eigenvalue weighted by Gasteiger charge is -2.27. The predicted octanol–water partition coefficient (Wildman–Crippen LogP) is 3.32. The molecule has 0 aliphatic rings. The van der Waals surface area contributed by atoms with Gasteiger partial charge in [0.1, 0.15) is 6.10 Å². The van der Waals surface area contributed by atoms with Gasteiger partial charge in [-0.25, -0.2) is 0 Å². The highest BCUT2D eigenvalue weighted by atomic mass is 32.1. The quantitative estimate of drug-likeness (QED) is 0.712. The van der Waals surface area contributed by atoms with Gasteiger partial charge in [0.05, 0.1) is 5.60 Å². The molecule has 0 saturated heterocycles. The van der Waals surface area contributed by atoms with Gasteiger partial charge < -0.3 is 9.84 Å². The van der Waals surface area contributed by atoms with E-state index in [4.69, 9.17) is 17.0 Å². The molecule has 2 nitrogen and oxygen atoms in total. The van der Waals surface area contributed by atoms with Crippen LogP contribution in [0.15, 0.2) is 0 Å². The van der Waals surface area contributed by atoms with Crippen molar-refractivity contribution in [1.82, 2.24) is 0 Å². The lowest BCUT2D eigenvalue weighted by Crippen LogP contribution is -2.28. The minimum atomic E-state index is -0.578. The van der Waals surface area contributed by atoms with E-state index in [1.54, 1.807) is 6.92 Å². The van der Waals surface area contributed by atoms with E-state index in [1.807, 2.05) is 13.8 Å². The van der Waals surface area contributed by atoms with Crippen molar-refractivity contribution in [3.05, 3.63) is 0 Å². The Morgan fingerprint density at radius 3 is 2.33 bits per heavy atom. The van der Waals surface area contributed by atoms with Gasteiger partial charge in [0, 0.05) is 6.92 Å². The van der Waals surface area contributed by atoms with Crippen LogP contribution in [-0.2, 0) is 4.74 Å². The molecule has 2 unspecified atom stereocenters. The number of aliphatic hydroxyl groups is 1. The Bertz CT molecular complexity index is 200. The zero-order valence-electron chi connectivity index (χ0n) is 10.5. The van der Waals surface area contributed by atoms with Crippen LogP contribution in [-0.4, -0.2) is 21.9 Å². The summed E-state index contributed by atoms with van der Waals surface area (Å²) in [6.07, 6.45) is 2.51. The van der Waals surface area contributed by atoms with Crippen molar-refractivity contribution in [2.45, 2.75) is 65.6 Å². The smallest absolute Gasteiger partial charge is 0.157 e. The van der Waals surface area contributed by atoms with Gasteiger partial charge in [-0.15, -0.1) is 0 Å². The Hall–Kier alpha value is -0.150. The largest absolute Gasteiger partial charge is 0.484 e. The summed E-state index contributed by atoms with van der Waals surface area (Å²) in [6, 6.07) is 0. The normalized spacial score (nSPS) is 17.3. The minimum Gasteiger partial charge on any atom is -0.484 e. The van der Waals surface area contributed by atoms with E-state index in [-0.39, 0.29) is 6.10 Å². The Labute approximate surface area is 99.0 Å². The summed E-state index contributed by atoms with van der Waals surface area (Å²) in [7, 11) is 0. The molecule has 0 aliphatic carbocycles. The first-order valence-electron chi connectivity index (χ1n) is 5.68. The van der Waals surface area contributed by atoms with Gasteiger partial charge in [-0.2, -0.15) is 0 Å². The van der Waals surface area contributed by atoms with Gasteiger partial charge in [0.25, 0.3) is 0 Å². The summed E-state index contributed by atoms with van der Waals surface area (Å²) in [5, 5.41) is 10.5. The van der Waals surface area contributed by atoms with Crippen molar-refractivity contribution in [3.63, 3.8) is 0 Å². The molecule has 0 radical (unpaired) electrons. The average Bonchev–Trinajstić information content (AvgIpc) is 2.11. The molecule has 1 N–H and O–H groups in total. The predicted molar refractivity (Wildman–Crippen MR) is 68.1 cm³/mol. The molecule has 0 aliphatic heterocycles. The summed E-state index contributed by atoms with van der Waals surface area (Å²) in [6.45, 7) is 9.89. The summed E-state index contributed by atoms with van der Waals surface area (Å²) in [5.41, 5.74) is -0.578. The highest BCUT2D eigenvalue weighted by molar-refractivity contribution is 7.80. The first kappa shape index (κ1) is 14.8. The molecule has 3 heteroatoms. The van der Waals surface area contributed by atoms with Crippen LogP contribution in [0.2, 0.25) is 0 Å². The van der Waals surface area contributed by atoms with Gasteiger partial charge in [-0.1, -0.05) is 20.8 Å². The van der Waals surface area contributed by atoms with E-state index < -0.39 is 5.60 Å². The maximum Gasteiger partial charge on any atom is 0.157 e. The van der Waals surface area contributed by atoms with Gasteiger partial charge in [-0.05, 0) is 44.3 Å². The van der Waals surface area contributed by atoms with Crippen LogP contribution in [0.25, 0.3) is 0 Å². The number of hydrogen-bond donors (Lipinski definition) is 1. The van der Waals surface area contributed by atoms with Crippen molar-refractivity contribution in [3.8, 4) is 0 Å². The van der Waals surface area contributed by atoms with Gasteiger partial charge in [-0.3, -0.25) is 0 Å². The molecule has 0 spiro atoms. The lowest BCUT2D eigenvalue weighted by atomic mass is 9.92. The summed E-state index contributed by atoms with van der Waals surface area (Å²) in [4.78, 5) is 0. The number of ether oxygens (including phenoxy) is 1. The molecule has 0 aromatic rings. The molecule has 0 rings (SSSR count). The first-order chi connectivity index (χ1) is 6.78. The Balaban J connectivity index is 4.13. The van der Waals surface area contributed by atoms with Crippen molar-refractivity contribution < 1.29 is 9.84 Å². The van der Waals surface area contributed by atoms with Crippen LogP contribution in [0.3, 0.4) is 0 Å². The highest BCUT2D eigenvalue weighted by Gasteiger charge is 2.22. The fourth-order valence-corrected chi connectivity index (χ4v) is 1.50. The van der Waals surface area contributed by atoms with E-state index in [2.05, 4.69) is 13.8 Å². The molecule has 0 fully saturated rings. The molecule has 0 bridgehead atoms. The standard InChI is InChI=1S/C12H24O2S/c1-6-12(5,13)8-7-11(9(2)3)14-10(4)15/h9,11,13H,6-8H2,1-5H3. The molecular weight excluding hydrogens is 208 g/mol. The third-order valence-electron chi connectivity index (χ3n) is 2.79. The lowest BCUT2D eigenvalue weighted by molar-refractivity contribution is 0.0245. The molecule has 0 aromatic heterocycles. The Kier molecular flexibility index (Phi) is 6.37. The van der Waals surface area contributed by atoms with E-state index in [0.29, 0.717) is 11.0 Å². The highest BCUT2D eigenvalue weighted by Crippen LogP contribution is 2.21. The SMILES string of the molecule is CCC(C)(O)CCC(OC(C)=S)C(C)C. The first-order valence-corrected chi connectivity index (χ1v) is 6.09. The van der Waals surface area contributed by atoms with Crippen molar-refractivity contribution in [1.29, 1.82) is 0 Å². The number of hydrogen-bond acceptors (Lipinski definition) is 3. The third kappa shape index (κ3) is 6.85. The van der Waals surface area contributed by atoms with Gasteiger partial charge in [0.2, 0.25) is 0 Å². The van der Waals surface area contributed by atoms with E-state index >= 15 is 0 Å². The van der Waals surface area contributed by atoms with Crippen LogP contribution in [0, 0.1) is 5.92 Å². The average molecular weight is 232 g/mol. The fourth-order valence-electron chi connectivity index (χ4n) is 1.37. The topological polar surface area (TPSA) is 29.5 Å². The number of rotatable bonds is 6. The minimum absolute atomic E-state index is 0.125. The van der Waals surface area contributed by atoms with Crippen LogP contribution < -0.4 is 0 Å². The fraction of sp³-hybridized carbons (Fsp3) is 0.917. The molecule has 90 valence electrons. The number of thiocarbonyl (C=S) groups is 1. The maximum absolute atomic E-state index is 9.90. The second-order valence-corrected chi connectivity index (χ2v) is 5.36. The maximum atomic E-state index is 9.90. The monoisotopic (exact) mass is 232 g/mol. The van der Waals surface area contributed by atoms with Gasteiger partial charge in [0.15, 0.2) is 5.05 Å². The van der Waals surface area contributed by atoms with Gasteiger partial charge >= 0.3 is 0 Å². The van der Waals surface area contributed by atoms with E-state index in [0.717, 1.165) is 19.3 Å². The van der Waals surface area contributed by atoms with Crippen LogP contribution in [0.1, 0.15) is 53.9 Å². The van der Waals surface area contributed by atoms with Crippen molar-refractivity contribution in [2.75, 3.05) is 0 Å². The van der Waals surface area contributed by atoms with E-state index in [1.165, 1.54) is 0 Å². The molecule has 2 atom stereocenters. The molecule has 0 amide bonds. The van der Waals surface area contributed by atoms with Crippen LogP contribution in [0.4, 0.5) is 0 Å². The third-order valence-corrected chi connectivity index (χ3v) is 2.89. The second-order valence-electron chi connectivity index (χ2n) is 4.78. The zero-order valence-corrected chi connectivity index (χ0v) is 11.4. The Morgan fingerprint density at radius 1 is 1.47 bits per heavy atom. The van der Waals surface area contributed by atoms with Crippen LogP contribution >= 0.6 is 12.2 Å². The van der Waals surface area contributed by atoms with Crippen molar-refractivity contribution in [2.24, 2.45) is 5.92 Å². The molecule has 0 aromatic carbocycles. The molecular formula is C12H24O2S. The molecule has 15 heavy (non-hydrogen) atoms. The molecule has 0 saturated carbocycles. The Morgan fingerprint density at radius 2 is 2.00 bits per heavy atom. The zero-order chi connectivity index (χ0) is 12.1. The summed E-state index contributed by atoms with van der Waals surface area (Å²) in [5.74, 6) is 0.426. The van der Waals surface area contributed by atoms with Crippen LogP contribution in [0.5, 0.6) is 0 Å². The molecule has 0 heterocycles. The summed E-state index contributed by atoms with van der Waals surface area (Å²) < 4.78 is 5.57. The second kappa shape index (κ2) is 6.44. The summed E-state index contributed by atoms with van der Waals surface area (Å²) >= 11 is 4.94. The van der Waals surface area contributed by atoms with E-state index in [9.17, 15) is 5.11 Å². The van der Waals surface area contributed by atoms with Crippen molar-refractivity contribution >= 4 is 17.3 Å².